The Labute approximate surface area is 110 Å². The maximum absolute atomic E-state index is 11.7. The molecule has 0 atom stereocenters. The number of carbonyl (C=O) groups is 2. The van der Waals surface area contributed by atoms with E-state index in [2.05, 4.69) is 5.32 Å². The van der Waals surface area contributed by atoms with Crippen molar-refractivity contribution in [3.8, 4) is 0 Å². The summed E-state index contributed by atoms with van der Waals surface area (Å²) in [7, 11) is 0. The first-order valence-electron chi connectivity index (χ1n) is 5.62. The fraction of sp³-hybridized carbons (Fsp3) is 0.333. The van der Waals surface area contributed by atoms with Gasteiger partial charge in [-0.2, -0.15) is 0 Å². The van der Waals surface area contributed by atoms with E-state index in [9.17, 15) is 9.59 Å². The number of carbonyl (C=O) groups excluding carboxylic acids is 2. The molecule has 1 aliphatic rings. The number of rotatable bonds is 3. The molecular formula is C12H13ClN2O3. The van der Waals surface area contributed by atoms with E-state index in [-0.39, 0.29) is 12.5 Å². The Bertz CT molecular complexity index is 447. The van der Waals surface area contributed by atoms with Crippen LogP contribution >= 0.6 is 11.6 Å². The minimum Gasteiger partial charge on any atom is -0.449 e. The maximum atomic E-state index is 11.7. The highest BCUT2D eigenvalue weighted by atomic mass is 35.5. The van der Waals surface area contributed by atoms with E-state index in [0.717, 1.165) is 6.42 Å². The Hall–Kier alpha value is -1.75. The Morgan fingerprint density at radius 1 is 1.39 bits per heavy atom. The van der Waals surface area contributed by atoms with Crippen LogP contribution in [0.25, 0.3) is 0 Å². The first kappa shape index (κ1) is 12.7. The van der Waals surface area contributed by atoms with Gasteiger partial charge in [0.05, 0.1) is 6.61 Å². The van der Waals surface area contributed by atoms with E-state index >= 15 is 0 Å². The maximum Gasteiger partial charge on any atom is 0.410 e. The summed E-state index contributed by atoms with van der Waals surface area (Å²) in [6.07, 6.45) is 0.312. The third-order valence-electron chi connectivity index (χ3n) is 2.52. The van der Waals surface area contributed by atoms with Gasteiger partial charge in [0, 0.05) is 17.3 Å². The molecular weight excluding hydrogens is 256 g/mol. The molecule has 1 N–H and O–H groups in total. The van der Waals surface area contributed by atoms with Crippen LogP contribution in [0.1, 0.15) is 6.42 Å². The van der Waals surface area contributed by atoms with E-state index < -0.39 is 6.09 Å². The Morgan fingerprint density at radius 2 is 2.11 bits per heavy atom. The van der Waals surface area contributed by atoms with Gasteiger partial charge in [-0.15, -0.1) is 0 Å². The lowest BCUT2D eigenvalue weighted by Crippen LogP contribution is -2.42. The molecule has 0 spiro atoms. The number of cyclic esters (lactones) is 1. The summed E-state index contributed by atoms with van der Waals surface area (Å²) in [5.74, 6) is -0.254. The van der Waals surface area contributed by atoms with E-state index in [4.69, 9.17) is 16.3 Å². The molecule has 1 heterocycles. The molecule has 18 heavy (non-hydrogen) atoms. The number of nitrogens with zero attached hydrogens (tertiary/aromatic N) is 1. The largest absolute Gasteiger partial charge is 0.449 e. The normalized spacial score (nSPS) is 15.2. The molecule has 1 fully saturated rings. The van der Waals surface area contributed by atoms with E-state index in [0.29, 0.717) is 23.9 Å². The SMILES string of the molecule is O=C(CN1CCCOC1=O)Nc1ccc(Cl)cc1. The Kier molecular flexibility index (Phi) is 4.04. The van der Waals surface area contributed by atoms with Crippen LogP contribution in [0.4, 0.5) is 10.5 Å². The van der Waals surface area contributed by atoms with Gasteiger partial charge in [0.25, 0.3) is 0 Å². The van der Waals surface area contributed by atoms with Crippen LogP contribution in [0.3, 0.4) is 0 Å². The summed E-state index contributed by atoms with van der Waals surface area (Å²) < 4.78 is 4.85. The molecule has 1 saturated heterocycles. The number of amides is 2. The highest BCUT2D eigenvalue weighted by molar-refractivity contribution is 6.30. The number of benzene rings is 1. The second-order valence-corrected chi connectivity index (χ2v) is 4.38. The van der Waals surface area contributed by atoms with Crippen molar-refractivity contribution in [3.05, 3.63) is 29.3 Å². The average Bonchev–Trinajstić information content (AvgIpc) is 2.35. The predicted molar refractivity (Wildman–Crippen MR) is 67.6 cm³/mol. The zero-order valence-electron chi connectivity index (χ0n) is 9.69. The van der Waals surface area contributed by atoms with Gasteiger partial charge < -0.3 is 10.1 Å². The van der Waals surface area contributed by atoms with Gasteiger partial charge in [-0.05, 0) is 30.7 Å². The van der Waals surface area contributed by atoms with Crippen molar-refractivity contribution < 1.29 is 14.3 Å². The molecule has 5 nitrogen and oxygen atoms in total. The molecule has 2 amide bonds. The van der Waals surface area contributed by atoms with Crippen molar-refractivity contribution in [2.45, 2.75) is 6.42 Å². The minimum atomic E-state index is -0.437. The summed E-state index contributed by atoms with van der Waals surface area (Å²) in [5.41, 5.74) is 0.648. The summed E-state index contributed by atoms with van der Waals surface area (Å²) in [5, 5.41) is 3.29. The van der Waals surface area contributed by atoms with Gasteiger partial charge >= 0.3 is 6.09 Å². The first-order valence-corrected chi connectivity index (χ1v) is 6.00. The Morgan fingerprint density at radius 3 is 2.78 bits per heavy atom. The predicted octanol–water partition coefficient (Wildman–Crippen LogP) is 2.12. The first-order chi connectivity index (χ1) is 8.65. The van der Waals surface area contributed by atoms with Gasteiger partial charge in [-0.3, -0.25) is 9.69 Å². The highest BCUT2D eigenvalue weighted by Crippen LogP contribution is 2.13. The second-order valence-electron chi connectivity index (χ2n) is 3.94. The number of hydrogen-bond acceptors (Lipinski definition) is 3. The van der Waals surface area contributed by atoms with Gasteiger partial charge in [0.2, 0.25) is 5.91 Å². The van der Waals surface area contributed by atoms with Crippen LogP contribution < -0.4 is 5.32 Å². The smallest absolute Gasteiger partial charge is 0.410 e. The lowest BCUT2D eigenvalue weighted by Gasteiger charge is -2.25. The summed E-state index contributed by atoms with van der Waals surface area (Å²) >= 11 is 5.74. The summed E-state index contributed by atoms with van der Waals surface area (Å²) in [4.78, 5) is 24.4. The fourth-order valence-electron chi connectivity index (χ4n) is 1.65. The molecule has 0 saturated carbocycles. The quantitative estimate of drug-likeness (QED) is 0.913. The standard InChI is InChI=1S/C12H13ClN2O3/c13-9-2-4-10(5-3-9)14-11(16)8-15-6-1-7-18-12(15)17/h2-5H,1,6-8H2,(H,14,16). The molecule has 0 aliphatic carbocycles. The van der Waals surface area contributed by atoms with Crippen molar-refractivity contribution in [1.29, 1.82) is 0 Å². The number of ether oxygens (including phenoxy) is 1. The van der Waals surface area contributed by atoms with E-state index in [1.165, 1.54) is 4.90 Å². The fourth-order valence-corrected chi connectivity index (χ4v) is 1.77. The topological polar surface area (TPSA) is 58.6 Å². The molecule has 1 aromatic rings. The van der Waals surface area contributed by atoms with Crippen LogP contribution in [-0.2, 0) is 9.53 Å². The molecule has 1 aromatic carbocycles. The van der Waals surface area contributed by atoms with Crippen molar-refractivity contribution in [2.75, 3.05) is 25.0 Å². The summed E-state index contributed by atoms with van der Waals surface area (Å²) in [6, 6.07) is 6.78. The second kappa shape index (κ2) is 5.73. The third-order valence-corrected chi connectivity index (χ3v) is 2.77. The van der Waals surface area contributed by atoms with Gasteiger partial charge in [-0.25, -0.2) is 4.79 Å². The van der Waals surface area contributed by atoms with E-state index in [1.807, 2.05) is 0 Å². The average molecular weight is 269 g/mol. The van der Waals surface area contributed by atoms with Gasteiger partial charge in [0.1, 0.15) is 6.54 Å². The van der Waals surface area contributed by atoms with Crippen LogP contribution in [-0.4, -0.2) is 36.6 Å². The van der Waals surface area contributed by atoms with Crippen molar-refractivity contribution in [3.63, 3.8) is 0 Å². The number of anilines is 1. The monoisotopic (exact) mass is 268 g/mol. The van der Waals surface area contributed by atoms with Crippen LogP contribution in [0.15, 0.2) is 24.3 Å². The molecule has 0 bridgehead atoms. The molecule has 96 valence electrons. The third kappa shape index (κ3) is 3.37. The van der Waals surface area contributed by atoms with Crippen LogP contribution in [0, 0.1) is 0 Å². The molecule has 6 heteroatoms. The van der Waals surface area contributed by atoms with Crippen LogP contribution in [0.5, 0.6) is 0 Å². The van der Waals surface area contributed by atoms with Gasteiger partial charge in [-0.1, -0.05) is 11.6 Å². The van der Waals surface area contributed by atoms with Gasteiger partial charge in [0.15, 0.2) is 0 Å². The van der Waals surface area contributed by atoms with E-state index in [1.54, 1.807) is 24.3 Å². The summed E-state index contributed by atoms with van der Waals surface area (Å²) in [6.45, 7) is 0.975. The van der Waals surface area contributed by atoms with Crippen molar-refractivity contribution >= 4 is 29.3 Å². The van der Waals surface area contributed by atoms with Crippen molar-refractivity contribution in [1.82, 2.24) is 4.90 Å². The number of hydrogen-bond donors (Lipinski definition) is 1. The number of nitrogens with one attached hydrogen (secondary N) is 1. The molecule has 1 aliphatic heterocycles. The van der Waals surface area contributed by atoms with Crippen LogP contribution in [0.2, 0.25) is 5.02 Å². The van der Waals surface area contributed by atoms with Crippen molar-refractivity contribution in [2.24, 2.45) is 0 Å². The zero-order valence-corrected chi connectivity index (χ0v) is 10.4. The minimum absolute atomic E-state index is 0.00145. The number of halogens is 1. The lowest BCUT2D eigenvalue weighted by molar-refractivity contribution is -0.117. The molecule has 0 radical (unpaired) electrons. The highest BCUT2D eigenvalue weighted by Gasteiger charge is 2.21. The molecule has 0 aromatic heterocycles. The molecule has 2 rings (SSSR count). The Balaban J connectivity index is 1.88. The zero-order chi connectivity index (χ0) is 13.0. The lowest BCUT2D eigenvalue weighted by atomic mass is 10.3. The molecule has 0 unspecified atom stereocenters.